The van der Waals surface area contributed by atoms with E-state index in [4.69, 9.17) is 11.5 Å². The van der Waals surface area contributed by atoms with Gasteiger partial charge in [0, 0.05) is 31.7 Å². The van der Waals surface area contributed by atoms with Crippen molar-refractivity contribution in [1.29, 1.82) is 0 Å². The van der Waals surface area contributed by atoms with Crippen LogP contribution in [0.1, 0.15) is 18.4 Å². The van der Waals surface area contributed by atoms with Crippen molar-refractivity contribution in [3.63, 3.8) is 0 Å². The molecule has 0 bridgehead atoms. The number of nitrogens with two attached hydrogens (primary N) is 2. The maximum Gasteiger partial charge on any atom is 0.0303 e. The topological polar surface area (TPSA) is 55.3 Å². The van der Waals surface area contributed by atoms with E-state index in [1.165, 1.54) is 5.56 Å². The number of rotatable bonds is 3. The van der Waals surface area contributed by atoms with E-state index >= 15 is 0 Å². The second-order valence-corrected chi connectivity index (χ2v) is 4.83. The molecule has 0 amide bonds. The highest BCUT2D eigenvalue weighted by Crippen LogP contribution is 2.19. The third kappa shape index (κ3) is 2.82. The lowest BCUT2D eigenvalue weighted by Crippen LogP contribution is -2.54. The van der Waals surface area contributed by atoms with E-state index < -0.39 is 0 Å². The molecule has 1 fully saturated rings. The number of hydrogen-bond donors (Lipinski definition) is 2. The van der Waals surface area contributed by atoms with E-state index in [-0.39, 0.29) is 5.54 Å². The number of likely N-dealkylation sites (tertiary alicyclic amines) is 1. The lowest BCUT2D eigenvalue weighted by atomic mass is 9.89. The van der Waals surface area contributed by atoms with Gasteiger partial charge in [-0.05, 0) is 18.4 Å². The van der Waals surface area contributed by atoms with Gasteiger partial charge in [0.15, 0.2) is 0 Å². The predicted octanol–water partition coefficient (Wildman–Crippen LogP) is 0.939. The van der Waals surface area contributed by atoms with Crippen molar-refractivity contribution in [1.82, 2.24) is 4.90 Å². The summed E-state index contributed by atoms with van der Waals surface area (Å²) in [5.41, 5.74) is 13.1. The fourth-order valence-electron chi connectivity index (χ4n) is 2.20. The summed E-state index contributed by atoms with van der Waals surface area (Å²) in [6.45, 7) is 3.75. The number of piperidine rings is 1. The molecule has 0 aromatic heterocycles. The molecule has 16 heavy (non-hydrogen) atoms. The van der Waals surface area contributed by atoms with Gasteiger partial charge in [-0.15, -0.1) is 0 Å². The van der Waals surface area contributed by atoms with Crippen molar-refractivity contribution in [2.75, 3.05) is 19.6 Å². The van der Waals surface area contributed by atoms with Crippen LogP contribution in [0.2, 0.25) is 0 Å². The number of benzene rings is 1. The fourth-order valence-corrected chi connectivity index (χ4v) is 2.20. The minimum absolute atomic E-state index is 0.118. The largest absolute Gasteiger partial charge is 0.329 e. The molecule has 0 saturated carbocycles. The third-order valence-corrected chi connectivity index (χ3v) is 3.51. The molecule has 2 rings (SSSR count). The first-order valence-corrected chi connectivity index (χ1v) is 5.97. The van der Waals surface area contributed by atoms with Crippen LogP contribution in [-0.4, -0.2) is 30.1 Å². The SMILES string of the molecule is NCC1(N)CCN(Cc2ccccc2)CC1. The van der Waals surface area contributed by atoms with Gasteiger partial charge in [0.1, 0.15) is 0 Å². The molecule has 0 atom stereocenters. The Morgan fingerprint density at radius 3 is 2.31 bits per heavy atom. The van der Waals surface area contributed by atoms with Crippen molar-refractivity contribution in [3.8, 4) is 0 Å². The lowest BCUT2D eigenvalue weighted by Gasteiger charge is -2.38. The quantitative estimate of drug-likeness (QED) is 0.795. The third-order valence-electron chi connectivity index (χ3n) is 3.51. The summed E-state index contributed by atoms with van der Waals surface area (Å²) in [7, 11) is 0. The Hall–Kier alpha value is -0.900. The summed E-state index contributed by atoms with van der Waals surface area (Å²) in [5.74, 6) is 0. The highest BCUT2D eigenvalue weighted by molar-refractivity contribution is 5.14. The standard InChI is InChI=1S/C13H21N3/c14-11-13(15)6-8-16(9-7-13)10-12-4-2-1-3-5-12/h1-5H,6-11,14-15H2. The Morgan fingerprint density at radius 2 is 1.75 bits per heavy atom. The molecule has 0 spiro atoms. The number of hydrogen-bond acceptors (Lipinski definition) is 3. The summed E-state index contributed by atoms with van der Waals surface area (Å²) in [6, 6.07) is 10.6. The van der Waals surface area contributed by atoms with Crippen LogP contribution in [0, 0.1) is 0 Å². The summed E-state index contributed by atoms with van der Waals surface area (Å²) in [5, 5.41) is 0. The van der Waals surface area contributed by atoms with Crippen molar-refractivity contribution in [3.05, 3.63) is 35.9 Å². The molecule has 0 aliphatic carbocycles. The molecule has 1 aliphatic heterocycles. The van der Waals surface area contributed by atoms with Gasteiger partial charge in [-0.3, -0.25) is 4.90 Å². The smallest absolute Gasteiger partial charge is 0.0303 e. The van der Waals surface area contributed by atoms with Gasteiger partial charge >= 0.3 is 0 Å². The van der Waals surface area contributed by atoms with Crippen molar-refractivity contribution < 1.29 is 0 Å². The molecule has 4 N–H and O–H groups in total. The van der Waals surface area contributed by atoms with E-state index in [9.17, 15) is 0 Å². The summed E-state index contributed by atoms with van der Waals surface area (Å²) >= 11 is 0. The Balaban J connectivity index is 1.86. The van der Waals surface area contributed by atoms with Crippen LogP contribution in [-0.2, 0) is 6.54 Å². The summed E-state index contributed by atoms with van der Waals surface area (Å²) < 4.78 is 0. The second-order valence-electron chi connectivity index (χ2n) is 4.83. The van der Waals surface area contributed by atoms with Crippen LogP contribution < -0.4 is 11.5 Å². The zero-order valence-corrected chi connectivity index (χ0v) is 9.73. The van der Waals surface area contributed by atoms with Gasteiger partial charge in [0.25, 0.3) is 0 Å². The van der Waals surface area contributed by atoms with Crippen molar-refractivity contribution in [2.24, 2.45) is 11.5 Å². The van der Waals surface area contributed by atoms with Crippen LogP contribution >= 0.6 is 0 Å². The predicted molar refractivity (Wildman–Crippen MR) is 66.9 cm³/mol. The van der Waals surface area contributed by atoms with E-state index in [1.54, 1.807) is 0 Å². The fraction of sp³-hybridized carbons (Fsp3) is 0.538. The van der Waals surface area contributed by atoms with Crippen molar-refractivity contribution in [2.45, 2.75) is 24.9 Å². The van der Waals surface area contributed by atoms with Crippen LogP contribution in [0.3, 0.4) is 0 Å². The maximum absolute atomic E-state index is 6.16. The van der Waals surface area contributed by atoms with Gasteiger partial charge in [0.05, 0.1) is 0 Å². The molecule has 1 saturated heterocycles. The van der Waals surface area contributed by atoms with E-state index in [1.807, 2.05) is 0 Å². The maximum atomic E-state index is 6.16. The van der Waals surface area contributed by atoms with Crippen LogP contribution in [0.25, 0.3) is 0 Å². The zero-order valence-electron chi connectivity index (χ0n) is 9.73. The van der Waals surface area contributed by atoms with E-state index in [2.05, 4.69) is 35.2 Å². The van der Waals surface area contributed by atoms with Crippen LogP contribution in [0.5, 0.6) is 0 Å². The molecule has 3 nitrogen and oxygen atoms in total. The van der Waals surface area contributed by atoms with E-state index in [0.717, 1.165) is 32.5 Å². The molecule has 1 aromatic carbocycles. The first kappa shape index (κ1) is 11.6. The van der Waals surface area contributed by atoms with E-state index in [0.29, 0.717) is 6.54 Å². The summed E-state index contributed by atoms with van der Waals surface area (Å²) in [6.07, 6.45) is 2.02. The molecular formula is C13H21N3. The molecule has 3 heteroatoms. The van der Waals surface area contributed by atoms with Gasteiger partial charge < -0.3 is 11.5 Å². The Kier molecular flexibility index (Phi) is 3.59. The summed E-state index contributed by atoms with van der Waals surface area (Å²) in [4.78, 5) is 2.45. The van der Waals surface area contributed by atoms with Gasteiger partial charge in [0.2, 0.25) is 0 Å². The first-order chi connectivity index (χ1) is 7.72. The monoisotopic (exact) mass is 219 g/mol. The molecule has 1 aliphatic rings. The zero-order chi connectivity index (χ0) is 11.4. The lowest BCUT2D eigenvalue weighted by molar-refractivity contribution is 0.159. The molecule has 1 heterocycles. The van der Waals surface area contributed by atoms with Gasteiger partial charge in [-0.1, -0.05) is 30.3 Å². The highest BCUT2D eigenvalue weighted by Gasteiger charge is 2.28. The Bertz CT molecular complexity index is 315. The average molecular weight is 219 g/mol. The minimum Gasteiger partial charge on any atom is -0.329 e. The second kappa shape index (κ2) is 4.95. The Labute approximate surface area is 97.4 Å². The van der Waals surface area contributed by atoms with Crippen molar-refractivity contribution >= 4 is 0 Å². The van der Waals surface area contributed by atoms with Crippen LogP contribution in [0.15, 0.2) is 30.3 Å². The molecule has 0 unspecified atom stereocenters. The average Bonchev–Trinajstić information content (AvgIpc) is 2.34. The molecule has 88 valence electrons. The minimum atomic E-state index is -0.118. The van der Waals surface area contributed by atoms with Gasteiger partial charge in [-0.2, -0.15) is 0 Å². The molecular weight excluding hydrogens is 198 g/mol. The molecule has 0 radical (unpaired) electrons. The first-order valence-electron chi connectivity index (χ1n) is 5.97. The normalized spacial score (nSPS) is 20.9. The highest BCUT2D eigenvalue weighted by atomic mass is 15.1. The van der Waals surface area contributed by atoms with Crippen LogP contribution in [0.4, 0.5) is 0 Å². The number of nitrogens with zero attached hydrogens (tertiary/aromatic N) is 1. The Morgan fingerprint density at radius 1 is 1.12 bits per heavy atom. The van der Waals surface area contributed by atoms with Gasteiger partial charge in [-0.25, -0.2) is 0 Å². The molecule has 1 aromatic rings.